The molecule has 3 aromatic rings. The van der Waals surface area contributed by atoms with Crippen molar-refractivity contribution in [1.82, 2.24) is 19.7 Å². The van der Waals surface area contributed by atoms with Gasteiger partial charge in [0.1, 0.15) is 5.82 Å². The second-order valence-corrected chi connectivity index (χ2v) is 7.70. The number of aryl methyl sites for hydroxylation is 1. The number of nitriles is 1. The van der Waals surface area contributed by atoms with E-state index in [1.54, 1.807) is 23.1 Å². The van der Waals surface area contributed by atoms with Gasteiger partial charge in [-0.2, -0.15) is 5.26 Å². The molecule has 152 valence electrons. The lowest BCUT2D eigenvalue weighted by molar-refractivity contribution is -0.128. The first kappa shape index (κ1) is 21.3. The van der Waals surface area contributed by atoms with Crippen LogP contribution >= 0.6 is 11.8 Å². The Kier molecular flexibility index (Phi) is 7.41. The summed E-state index contributed by atoms with van der Waals surface area (Å²) in [5.41, 5.74) is 2.73. The Labute approximate surface area is 180 Å². The van der Waals surface area contributed by atoms with Crippen LogP contribution in [0.3, 0.4) is 0 Å². The van der Waals surface area contributed by atoms with Crippen LogP contribution < -0.4 is 0 Å². The Bertz CT molecular complexity index is 1040. The van der Waals surface area contributed by atoms with Gasteiger partial charge < -0.3 is 9.47 Å². The van der Waals surface area contributed by atoms with E-state index in [9.17, 15) is 4.79 Å². The molecule has 6 nitrogen and oxygen atoms in total. The molecule has 30 heavy (non-hydrogen) atoms. The van der Waals surface area contributed by atoms with E-state index in [2.05, 4.69) is 35.0 Å². The summed E-state index contributed by atoms with van der Waals surface area (Å²) in [5, 5.41) is 18.1. The summed E-state index contributed by atoms with van der Waals surface area (Å²) in [4.78, 5) is 14.6. The highest BCUT2D eigenvalue weighted by atomic mass is 32.2. The Morgan fingerprint density at radius 2 is 1.90 bits per heavy atom. The molecule has 0 N–H and O–H groups in total. The quantitative estimate of drug-likeness (QED) is 0.391. The molecule has 1 amide bonds. The standard InChI is InChI=1S/C23H23N5OS/c1-3-13-27(15-21-11-9-19(14-24)10-12-21)22(29)17-30-23-26-25-18(2)28(23)16-20-7-5-4-6-8-20/h3-12H,1,13,15-17H2,2H3. The van der Waals surface area contributed by atoms with E-state index >= 15 is 0 Å². The minimum atomic E-state index is -0.00354. The number of carbonyl (C=O) groups is 1. The number of thioether (sulfide) groups is 1. The van der Waals surface area contributed by atoms with Crippen LogP contribution in [0.15, 0.2) is 72.4 Å². The van der Waals surface area contributed by atoms with E-state index in [0.717, 1.165) is 22.1 Å². The van der Waals surface area contributed by atoms with Crippen LogP contribution in [0.2, 0.25) is 0 Å². The SMILES string of the molecule is C=CCN(Cc1ccc(C#N)cc1)C(=O)CSc1nnc(C)n1Cc1ccccc1. The molecule has 2 aromatic carbocycles. The summed E-state index contributed by atoms with van der Waals surface area (Å²) >= 11 is 1.39. The number of hydrogen-bond acceptors (Lipinski definition) is 5. The summed E-state index contributed by atoms with van der Waals surface area (Å²) in [6.07, 6.45) is 1.72. The smallest absolute Gasteiger partial charge is 0.233 e. The normalized spacial score (nSPS) is 10.4. The molecule has 0 saturated heterocycles. The first-order chi connectivity index (χ1) is 14.6. The maximum Gasteiger partial charge on any atom is 0.233 e. The lowest BCUT2D eigenvalue weighted by Crippen LogP contribution is -2.32. The molecule has 0 radical (unpaired) electrons. The van der Waals surface area contributed by atoms with Crippen LogP contribution in [0, 0.1) is 18.3 Å². The third kappa shape index (κ3) is 5.58. The molecule has 3 rings (SSSR count). The highest BCUT2D eigenvalue weighted by Gasteiger charge is 2.16. The lowest BCUT2D eigenvalue weighted by Gasteiger charge is -2.21. The molecule has 0 spiro atoms. The first-order valence-electron chi connectivity index (χ1n) is 9.55. The van der Waals surface area contributed by atoms with Gasteiger partial charge in [-0.25, -0.2) is 0 Å². The average Bonchev–Trinajstić information content (AvgIpc) is 3.12. The molecule has 0 fully saturated rings. The molecular formula is C23H23N5OS. The molecule has 0 saturated carbocycles. The van der Waals surface area contributed by atoms with Gasteiger partial charge >= 0.3 is 0 Å². The highest BCUT2D eigenvalue weighted by Crippen LogP contribution is 2.19. The van der Waals surface area contributed by atoms with E-state index in [4.69, 9.17) is 5.26 Å². The Hall–Kier alpha value is -3.37. The summed E-state index contributed by atoms with van der Waals surface area (Å²) < 4.78 is 2.02. The van der Waals surface area contributed by atoms with Gasteiger partial charge in [-0.3, -0.25) is 4.79 Å². The van der Waals surface area contributed by atoms with Gasteiger partial charge in [-0.15, -0.1) is 16.8 Å². The van der Waals surface area contributed by atoms with Crippen molar-refractivity contribution in [3.05, 3.63) is 89.8 Å². The molecule has 1 heterocycles. The largest absolute Gasteiger partial charge is 0.334 e. The van der Waals surface area contributed by atoms with E-state index < -0.39 is 0 Å². The van der Waals surface area contributed by atoms with E-state index in [-0.39, 0.29) is 11.7 Å². The highest BCUT2D eigenvalue weighted by molar-refractivity contribution is 7.99. The number of nitrogens with zero attached hydrogens (tertiary/aromatic N) is 5. The third-order valence-electron chi connectivity index (χ3n) is 4.57. The molecule has 1 aromatic heterocycles. The monoisotopic (exact) mass is 417 g/mol. The van der Waals surface area contributed by atoms with Crippen molar-refractivity contribution >= 4 is 17.7 Å². The molecule has 0 atom stereocenters. The van der Waals surface area contributed by atoms with Gasteiger partial charge in [0.15, 0.2) is 5.16 Å². The van der Waals surface area contributed by atoms with Gasteiger partial charge in [0, 0.05) is 13.1 Å². The van der Waals surface area contributed by atoms with Crippen molar-refractivity contribution in [3.8, 4) is 6.07 Å². The van der Waals surface area contributed by atoms with Crippen molar-refractivity contribution in [1.29, 1.82) is 5.26 Å². The zero-order valence-electron chi connectivity index (χ0n) is 16.9. The van der Waals surface area contributed by atoms with E-state index in [1.807, 2.05) is 41.8 Å². The minimum absolute atomic E-state index is 0.00354. The molecule has 0 aliphatic heterocycles. The second kappa shape index (κ2) is 10.4. The zero-order valence-corrected chi connectivity index (χ0v) is 17.7. The van der Waals surface area contributed by atoms with Crippen molar-refractivity contribution in [2.45, 2.75) is 25.2 Å². The van der Waals surface area contributed by atoms with Crippen molar-refractivity contribution in [3.63, 3.8) is 0 Å². The van der Waals surface area contributed by atoms with Crippen molar-refractivity contribution in [2.75, 3.05) is 12.3 Å². The second-order valence-electron chi connectivity index (χ2n) is 6.76. The molecule has 0 aliphatic carbocycles. The molecule has 0 bridgehead atoms. The van der Waals surface area contributed by atoms with Crippen LogP contribution in [0.5, 0.6) is 0 Å². The van der Waals surface area contributed by atoms with Crippen LogP contribution in [-0.2, 0) is 17.9 Å². The maximum absolute atomic E-state index is 12.9. The zero-order chi connectivity index (χ0) is 21.3. The average molecular weight is 418 g/mol. The summed E-state index contributed by atoms with van der Waals surface area (Å²) in [5.74, 6) is 1.07. The topological polar surface area (TPSA) is 74.8 Å². The predicted molar refractivity (Wildman–Crippen MR) is 118 cm³/mol. The number of aromatic nitrogens is 3. The van der Waals surface area contributed by atoms with Crippen molar-refractivity contribution in [2.24, 2.45) is 0 Å². The van der Waals surface area contributed by atoms with Crippen LogP contribution in [-0.4, -0.2) is 37.9 Å². The van der Waals surface area contributed by atoms with Gasteiger partial charge in [-0.05, 0) is 30.2 Å². The van der Waals surface area contributed by atoms with Gasteiger partial charge in [0.25, 0.3) is 0 Å². The lowest BCUT2D eigenvalue weighted by atomic mass is 10.1. The number of hydrogen-bond donors (Lipinski definition) is 0. The van der Waals surface area contributed by atoms with Crippen LogP contribution in [0.25, 0.3) is 0 Å². The number of carbonyl (C=O) groups excluding carboxylic acids is 1. The molecular weight excluding hydrogens is 394 g/mol. The van der Waals surface area contributed by atoms with Crippen molar-refractivity contribution < 1.29 is 4.79 Å². The Morgan fingerprint density at radius 3 is 2.57 bits per heavy atom. The number of amides is 1. The van der Waals surface area contributed by atoms with Crippen LogP contribution in [0.1, 0.15) is 22.5 Å². The van der Waals surface area contributed by atoms with Gasteiger partial charge in [0.2, 0.25) is 5.91 Å². The molecule has 7 heteroatoms. The third-order valence-corrected chi connectivity index (χ3v) is 5.52. The van der Waals surface area contributed by atoms with Gasteiger partial charge in [0.05, 0.1) is 23.9 Å². The number of benzene rings is 2. The predicted octanol–water partition coefficient (Wildman–Crippen LogP) is 3.81. The van der Waals surface area contributed by atoms with E-state index in [0.29, 0.717) is 25.2 Å². The summed E-state index contributed by atoms with van der Waals surface area (Å²) in [6.45, 7) is 7.26. The maximum atomic E-state index is 12.9. The minimum Gasteiger partial charge on any atom is -0.334 e. The molecule has 0 unspecified atom stereocenters. The van der Waals surface area contributed by atoms with E-state index in [1.165, 1.54) is 11.8 Å². The van der Waals surface area contributed by atoms with Crippen LogP contribution in [0.4, 0.5) is 0 Å². The fourth-order valence-electron chi connectivity index (χ4n) is 2.95. The Morgan fingerprint density at radius 1 is 1.17 bits per heavy atom. The summed E-state index contributed by atoms with van der Waals surface area (Å²) in [7, 11) is 0. The fourth-order valence-corrected chi connectivity index (χ4v) is 3.84. The molecule has 0 aliphatic rings. The first-order valence-corrected chi connectivity index (χ1v) is 10.5. The number of rotatable bonds is 9. The fraction of sp³-hybridized carbons (Fsp3) is 0.217. The van der Waals surface area contributed by atoms with Gasteiger partial charge in [-0.1, -0.05) is 60.3 Å². The summed E-state index contributed by atoms with van der Waals surface area (Å²) in [6, 6.07) is 19.5. The Balaban J connectivity index is 1.65.